The van der Waals surface area contributed by atoms with Crippen molar-refractivity contribution in [2.75, 3.05) is 36.9 Å². The molecule has 2 rings (SSSR count). The second-order valence-electron chi connectivity index (χ2n) is 5.01. The van der Waals surface area contributed by atoms with Crippen LogP contribution in [0.3, 0.4) is 0 Å². The summed E-state index contributed by atoms with van der Waals surface area (Å²) in [6.07, 6.45) is 0.919. The normalized spacial score (nSPS) is 17.0. The summed E-state index contributed by atoms with van der Waals surface area (Å²) in [6, 6.07) is 0. The third-order valence-corrected chi connectivity index (χ3v) is 7.69. The molecule has 1 saturated heterocycles. The van der Waals surface area contributed by atoms with Crippen LogP contribution in [-0.4, -0.2) is 78.9 Å². The second-order valence-corrected chi connectivity index (χ2v) is 10.1. The third-order valence-electron chi connectivity index (χ3n) is 3.41. The predicted molar refractivity (Wildman–Crippen MR) is 88.0 cm³/mol. The number of sulfonamides is 2. The largest absolute Gasteiger partial charge is 0.476 e. The minimum absolute atomic E-state index is 0.345. The molecule has 1 aromatic rings. The van der Waals surface area contributed by atoms with Crippen molar-refractivity contribution < 1.29 is 26.7 Å². The van der Waals surface area contributed by atoms with E-state index in [1.807, 2.05) is 0 Å². The van der Waals surface area contributed by atoms with Crippen LogP contribution in [0.4, 0.5) is 0 Å². The first-order valence-corrected chi connectivity index (χ1v) is 11.2. The quantitative estimate of drug-likeness (QED) is 0.582. The Balaban J connectivity index is 2.04. The van der Waals surface area contributed by atoms with Crippen molar-refractivity contribution >= 4 is 37.8 Å². The summed E-state index contributed by atoms with van der Waals surface area (Å²) in [7, 11) is -6.42. The van der Waals surface area contributed by atoms with Gasteiger partial charge < -0.3 is 5.11 Å². The van der Waals surface area contributed by atoms with Crippen LogP contribution in [0.15, 0.2) is 11.1 Å². The van der Waals surface area contributed by atoms with Crippen LogP contribution in [-0.2, 0) is 27.1 Å². The molecule has 0 bridgehead atoms. The van der Waals surface area contributed by atoms with Crippen LogP contribution >= 0.6 is 11.8 Å². The molecule has 0 atom stereocenters. The fourth-order valence-corrected chi connectivity index (χ4v) is 6.00. The molecule has 2 heterocycles. The summed E-state index contributed by atoms with van der Waals surface area (Å²) in [6.45, 7) is 0.472. The van der Waals surface area contributed by atoms with Gasteiger partial charge in [0.15, 0.2) is 5.69 Å². The summed E-state index contributed by atoms with van der Waals surface area (Å²) in [5.74, 6) is -0.404. The molecule has 2 N–H and O–H groups in total. The summed E-state index contributed by atoms with van der Waals surface area (Å²) in [4.78, 5) is 10.6. The maximum atomic E-state index is 12.2. The van der Waals surface area contributed by atoms with Crippen molar-refractivity contribution in [3.63, 3.8) is 0 Å². The molecule has 0 radical (unpaired) electrons. The van der Waals surface area contributed by atoms with E-state index in [1.54, 1.807) is 11.8 Å². The lowest BCUT2D eigenvalue weighted by Gasteiger charge is -2.25. The first-order valence-electron chi connectivity index (χ1n) is 6.95. The smallest absolute Gasteiger partial charge is 0.355 e. The number of rotatable bonds is 7. The van der Waals surface area contributed by atoms with Gasteiger partial charge in [0.1, 0.15) is 4.90 Å². The Bertz CT molecular complexity index is 811. The standard InChI is InChI=1S/C11H18N4O6S3/c1-14-10(11(16)17)9(8-12-14)24(20,21)13-2-7-23(18,19)15-3-5-22-6-4-15/h8,13H,2-7H2,1H3,(H,16,17). The first kappa shape index (κ1) is 19.2. The SMILES string of the molecule is Cn1ncc(S(=O)(=O)NCCS(=O)(=O)N2CCSCC2)c1C(=O)O. The van der Waals surface area contributed by atoms with Crippen LogP contribution in [0.1, 0.15) is 10.5 Å². The Morgan fingerprint density at radius 2 is 1.96 bits per heavy atom. The van der Waals surface area contributed by atoms with Crippen LogP contribution in [0.2, 0.25) is 0 Å². The number of hydrogen-bond donors (Lipinski definition) is 2. The number of aromatic nitrogens is 2. The molecular weight excluding hydrogens is 380 g/mol. The molecule has 136 valence electrons. The van der Waals surface area contributed by atoms with E-state index in [2.05, 4.69) is 9.82 Å². The van der Waals surface area contributed by atoms with Gasteiger partial charge in [0.05, 0.1) is 11.9 Å². The number of nitrogens with one attached hydrogen (secondary N) is 1. The van der Waals surface area contributed by atoms with Gasteiger partial charge in [-0.3, -0.25) is 4.68 Å². The van der Waals surface area contributed by atoms with Crippen molar-refractivity contribution in [3.05, 3.63) is 11.9 Å². The molecule has 1 aromatic heterocycles. The number of nitrogens with zero attached hydrogens (tertiary/aromatic N) is 3. The molecule has 1 aliphatic rings. The van der Waals surface area contributed by atoms with E-state index in [1.165, 1.54) is 11.4 Å². The van der Waals surface area contributed by atoms with Gasteiger partial charge in [0.2, 0.25) is 20.0 Å². The Hall–Kier alpha value is -1.15. The van der Waals surface area contributed by atoms with Gasteiger partial charge >= 0.3 is 5.97 Å². The Morgan fingerprint density at radius 1 is 1.33 bits per heavy atom. The number of aromatic carboxylic acids is 1. The minimum Gasteiger partial charge on any atom is -0.476 e. The van der Waals surface area contributed by atoms with Crippen LogP contribution < -0.4 is 4.72 Å². The Labute approximate surface area is 144 Å². The molecule has 0 amide bonds. The van der Waals surface area contributed by atoms with Gasteiger partial charge in [0.25, 0.3) is 0 Å². The molecular formula is C11H18N4O6S3. The molecule has 0 aromatic carbocycles. The molecule has 0 saturated carbocycles. The second kappa shape index (κ2) is 7.39. The van der Waals surface area contributed by atoms with Gasteiger partial charge in [-0.1, -0.05) is 0 Å². The highest BCUT2D eigenvalue weighted by Gasteiger charge is 2.28. The highest BCUT2D eigenvalue weighted by molar-refractivity contribution is 7.99. The summed E-state index contributed by atoms with van der Waals surface area (Å²) in [5, 5.41) is 12.7. The monoisotopic (exact) mass is 398 g/mol. The average Bonchev–Trinajstić information content (AvgIpc) is 2.90. The minimum atomic E-state index is -4.17. The van der Waals surface area contributed by atoms with Crippen molar-refractivity contribution in [3.8, 4) is 0 Å². The number of thioether (sulfide) groups is 1. The molecule has 0 aliphatic carbocycles. The number of carboxylic acid groups (broad SMARTS) is 1. The number of hydrogen-bond acceptors (Lipinski definition) is 7. The highest BCUT2D eigenvalue weighted by atomic mass is 32.2. The van der Waals surface area contributed by atoms with Crippen molar-refractivity contribution in [2.24, 2.45) is 7.05 Å². The molecule has 1 fully saturated rings. The van der Waals surface area contributed by atoms with Crippen molar-refractivity contribution in [1.82, 2.24) is 18.8 Å². The maximum absolute atomic E-state index is 12.2. The van der Waals surface area contributed by atoms with Gasteiger partial charge in [-0.05, 0) is 0 Å². The zero-order chi connectivity index (χ0) is 18.0. The summed E-state index contributed by atoms with van der Waals surface area (Å²) >= 11 is 1.66. The van der Waals surface area contributed by atoms with Gasteiger partial charge in [-0.25, -0.2) is 30.7 Å². The van der Waals surface area contributed by atoms with Crippen LogP contribution in [0.5, 0.6) is 0 Å². The van der Waals surface area contributed by atoms with Gasteiger partial charge in [-0.2, -0.15) is 16.9 Å². The fraction of sp³-hybridized carbons (Fsp3) is 0.636. The lowest BCUT2D eigenvalue weighted by atomic mass is 10.4. The Morgan fingerprint density at radius 3 is 2.54 bits per heavy atom. The van der Waals surface area contributed by atoms with Gasteiger partial charge in [-0.15, -0.1) is 0 Å². The van der Waals surface area contributed by atoms with E-state index >= 15 is 0 Å². The van der Waals surface area contributed by atoms with Crippen LogP contribution in [0.25, 0.3) is 0 Å². The molecule has 13 heteroatoms. The lowest BCUT2D eigenvalue weighted by Crippen LogP contribution is -2.41. The molecule has 0 spiro atoms. The highest BCUT2D eigenvalue weighted by Crippen LogP contribution is 2.15. The molecule has 1 aliphatic heterocycles. The third kappa shape index (κ3) is 4.27. The topological polar surface area (TPSA) is 139 Å². The van der Waals surface area contributed by atoms with Gasteiger partial charge in [0, 0.05) is 38.2 Å². The van der Waals surface area contributed by atoms with E-state index in [4.69, 9.17) is 5.11 Å². The zero-order valence-corrected chi connectivity index (χ0v) is 15.3. The number of carboxylic acids is 1. The first-order chi connectivity index (χ1) is 11.1. The zero-order valence-electron chi connectivity index (χ0n) is 12.9. The number of aryl methyl sites for hydroxylation is 1. The summed E-state index contributed by atoms with van der Waals surface area (Å²) in [5.41, 5.74) is -0.488. The van der Waals surface area contributed by atoms with E-state index in [0.29, 0.717) is 24.6 Å². The molecule has 0 unspecified atom stereocenters. The molecule has 10 nitrogen and oxygen atoms in total. The average molecular weight is 398 g/mol. The lowest BCUT2D eigenvalue weighted by molar-refractivity contribution is 0.0680. The summed E-state index contributed by atoms with van der Waals surface area (Å²) < 4.78 is 53.1. The molecule has 24 heavy (non-hydrogen) atoms. The number of carbonyl (C=O) groups is 1. The van der Waals surface area contributed by atoms with Crippen molar-refractivity contribution in [2.45, 2.75) is 4.90 Å². The predicted octanol–water partition coefficient (Wildman–Crippen LogP) is -1.22. The Kier molecular flexibility index (Phi) is 5.91. The van der Waals surface area contributed by atoms with E-state index < -0.39 is 36.6 Å². The van der Waals surface area contributed by atoms with Crippen LogP contribution in [0, 0.1) is 0 Å². The maximum Gasteiger partial charge on any atom is 0.355 e. The van der Waals surface area contributed by atoms with E-state index in [0.717, 1.165) is 10.9 Å². The van der Waals surface area contributed by atoms with E-state index in [-0.39, 0.29) is 12.3 Å². The fourth-order valence-electron chi connectivity index (χ4n) is 2.19. The van der Waals surface area contributed by atoms with Crippen molar-refractivity contribution in [1.29, 1.82) is 0 Å². The van der Waals surface area contributed by atoms with E-state index in [9.17, 15) is 21.6 Å².